The van der Waals surface area contributed by atoms with Gasteiger partial charge in [-0.15, -0.1) is 11.8 Å². The molecule has 39 heavy (non-hydrogen) atoms. The largest absolute Gasteiger partial charge is 0.493 e. The molecule has 1 aliphatic rings. The van der Waals surface area contributed by atoms with Gasteiger partial charge in [0.15, 0.2) is 17.9 Å². The number of nitrogens with one attached hydrogen (secondary N) is 2. The van der Waals surface area contributed by atoms with Gasteiger partial charge in [0, 0.05) is 34.5 Å². The van der Waals surface area contributed by atoms with Crippen molar-refractivity contribution >= 4 is 29.0 Å². The van der Waals surface area contributed by atoms with Crippen molar-refractivity contribution < 1.29 is 27.4 Å². The van der Waals surface area contributed by atoms with E-state index in [1.165, 1.54) is 12.3 Å². The van der Waals surface area contributed by atoms with Crippen LogP contribution in [-0.2, 0) is 5.41 Å². The third kappa shape index (κ3) is 3.97. The summed E-state index contributed by atoms with van der Waals surface area (Å²) >= 11 is 1.16. The van der Waals surface area contributed by atoms with Gasteiger partial charge in [0.05, 0.1) is 28.1 Å². The second-order valence-corrected chi connectivity index (χ2v) is 10.2. The Balaban J connectivity index is 1.44. The Morgan fingerprint density at radius 1 is 1.15 bits per heavy atom. The summed E-state index contributed by atoms with van der Waals surface area (Å²) in [5.74, 6) is -2.60. The first kappa shape index (κ1) is 25.1. The maximum atomic E-state index is 15.2. The van der Waals surface area contributed by atoms with E-state index in [2.05, 4.69) is 21.9 Å². The molecule has 3 heterocycles. The molecule has 3 aromatic carbocycles. The number of nitrogens with zero attached hydrogens (tertiary/aromatic N) is 1. The first-order valence-corrected chi connectivity index (χ1v) is 13.3. The van der Waals surface area contributed by atoms with Crippen LogP contribution in [0.3, 0.4) is 0 Å². The Morgan fingerprint density at radius 3 is 2.77 bits per heavy atom. The average molecular weight is 550 g/mol. The topological polar surface area (TPSA) is 80.0 Å². The summed E-state index contributed by atoms with van der Waals surface area (Å²) in [6.45, 7) is 2.57. The molecule has 0 spiro atoms. The molecule has 2 N–H and O–H groups in total. The quantitative estimate of drug-likeness (QED) is 0.171. The Hall–Kier alpha value is -4.18. The highest BCUT2D eigenvalue weighted by molar-refractivity contribution is 7.99. The molecule has 0 bridgehead atoms. The molecular weight excluding hydrogens is 527 g/mol. The number of aromatic amines is 2. The van der Waals surface area contributed by atoms with E-state index in [1.54, 1.807) is 18.5 Å². The van der Waals surface area contributed by atoms with Crippen LogP contribution in [0.5, 0.6) is 17.2 Å². The van der Waals surface area contributed by atoms with E-state index in [-0.39, 0.29) is 34.0 Å². The number of benzene rings is 3. The number of aromatic nitrogens is 3. The van der Waals surface area contributed by atoms with E-state index < -0.39 is 22.9 Å². The second kappa shape index (κ2) is 9.53. The Labute approximate surface area is 225 Å². The van der Waals surface area contributed by atoms with Crippen molar-refractivity contribution in [2.24, 2.45) is 0 Å². The summed E-state index contributed by atoms with van der Waals surface area (Å²) in [7, 11) is 0. The van der Waals surface area contributed by atoms with Gasteiger partial charge in [-0.3, -0.25) is 4.79 Å². The number of aldehydes is 1. The maximum absolute atomic E-state index is 15.2. The predicted molar refractivity (Wildman–Crippen MR) is 142 cm³/mol. The highest BCUT2D eigenvalue weighted by atomic mass is 32.2. The number of para-hydroxylation sites is 1. The number of fused-ring (bicyclic) bond motifs is 2. The number of rotatable bonds is 6. The highest BCUT2D eigenvalue weighted by Gasteiger charge is 2.36. The number of thioether (sulfide) groups is 1. The normalized spacial score (nSPS) is 16.6. The number of halogens is 3. The van der Waals surface area contributed by atoms with Gasteiger partial charge >= 0.3 is 0 Å². The third-order valence-corrected chi connectivity index (χ3v) is 8.03. The van der Waals surface area contributed by atoms with Crippen molar-refractivity contribution in [3.63, 3.8) is 0 Å². The monoisotopic (exact) mass is 549 g/mol. The van der Waals surface area contributed by atoms with Gasteiger partial charge in [0.2, 0.25) is 5.82 Å². The number of ether oxygens (including phenoxy) is 2. The van der Waals surface area contributed by atoms with Gasteiger partial charge in [0.25, 0.3) is 0 Å². The van der Waals surface area contributed by atoms with E-state index in [4.69, 9.17) is 9.47 Å². The second-order valence-electron chi connectivity index (χ2n) is 9.42. The smallest absolute Gasteiger partial charge is 0.204 e. The molecule has 10 heteroatoms. The molecule has 1 atom stereocenters. The van der Waals surface area contributed by atoms with Gasteiger partial charge in [-0.2, -0.15) is 4.39 Å². The van der Waals surface area contributed by atoms with Crippen LogP contribution >= 0.6 is 11.8 Å². The molecule has 1 unspecified atom stereocenters. The molecule has 0 amide bonds. The molecule has 2 aromatic heterocycles. The SMILES string of the molecule is CSc1c(Oc2cc(-c3ncc(C4(C)CCOc5ccccc54)[nH]3)c(F)cc2C=O)c(F)c(F)c2[nH]ccc12. The summed E-state index contributed by atoms with van der Waals surface area (Å²) in [5, 5.41) is 0.423. The van der Waals surface area contributed by atoms with E-state index >= 15 is 8.78 Å². The number of hydrogen-bond donors (Lipinski definition) is 2. The molecule has 5 aromatic rings. The van der Waals surface area contributed by atoms with Crippen LogP contribution in [0.1, 0.15) is 35.0 Å². The average Bonchev–Trinajstić information content (AvgIpc) is 3.64. The number of hydrogen-bond acceptors (Lipinski definition) is 5. The van der Waals surface area contributed by atoms with Gasteiger partial charge in [0.1, 0.15) is 23.1 Å². The zero-order chi connectivity index (χ0) is 27.3. The number of H-pyrrole nitrogens is 2. The lowest BCUT2D eigenvalue weighted by Gasteiger charge is -2.34. The minimum Gasteiger partial charge on any atom is -0.493 e. The van der Waals surface area contributed by atoms with Gasteiger partial charge in [-0.25, -0.2) is 13.8 Å². The van der Waals surface area contributed by atoms with Crippen LogP contribution in [-0.4, -0.2) is 34.1 Å². The zero-order valence-electron chi connectivity index (χ0n) is 20.9. The van der Waals surface area contributed by atoms with Gasteiger partial charge < -0.3 is 19.4 Å². The lowest BCUT2D eigenvalue weighted by atomic mass is 9.75. The van der Waals surface area contributed by atoms with Crippen LogP contribution in [0.25, 0.3) is 22.3 Å². The van der Waals surface area contributed by atoms with Gasteiger partial charge in [-0.1, -0.05) is 18.2 Å². The van der Waals surface area contributed by atoms with Crippen molar-refractivity contribution in [3.05, 3.63) is 89.1 Å². The van der Waals surface area contributed by atoms with Crippen LogP contribution in [0.15, 0.2) is 59.8 Å². The van der Waals surface area contributed by atoms with Crippen molar-refractivity contribution in [2.75, 3.05) is 12.9 Å². The lowest BCUT2D eigenvalue weighted by molar-refractivity contribution is 0.112. The van der Waals surface area contributed by atoms with E-state index in [0.29, 0.717) is 29.6 Å². The standard InChI is InChI=1S/C29H22F3N3O3S/c1-29(8-10-37-20-6-4-3-5-18(20)29)22-13-34-28(35-22)17-12-21(15(14-36)11-19(17)30)38-26-24(32)23(31)25-16(7-9-33-25)27(26)39-2/h3-7,9,11-14,33H,8,10H2,1-2H3,(H,34,35). The van der Waals surface area contributed by atoms with E-state index in [9.17, 15) is 9.18 Å². The van der Waals surface area contributed by atoms with Crippen LogP contribution in [0.2, 0.25) is 0 Å². The van der Waals surface area contributed by atoms with Gasteiger partial charge in [-0.05, 0) is 43.9 Å². The van der Waals surface area contributed by atoms with E-state index in [1.807, 2.05) is 24.3 Å². The molecule has 0 aliphatic carbocycles. The van der Waals surface area contributed by atoms with Crippen LogP contribution in [0, 0.1) is 17.5 Å². The fraction of sp³-hybridized carbons (Fsp3) is 0.172. The minimum atomic E-state index is -1.22. The zero-order valence-corrected chi connectivity index (χ0v) is 21.7. The minimum absolute atomic E-state index is 0.00546. The molecule has 198 valence electrons. The van der Waals surface area contributed by atoms with E-state index in [0.717, 1.165) is 34.8 Å². The van der Waals surface area contributed by atoms with Crippen molar-refractivity contribution in [1.82, 2.24) is 15.0 Å². The Bertz CT molecular complexity index is 1750. The van der Waals surface area contributed by atoms with Crippen molar-refractivity contribution in [1.29, 1.82) is 0 Å². The summed E-state index contributed by atoms with van der Waals surface area (Å²) in [6.07, 6.45) is 5.91. The predicted octanol–water partition coefficient (Wildman–Crippen LogP) is 7.39. The lowest BCUT2D eigenvalue weighted by Crippen LogP contribution is -2.31. The third-order valence-electron chi connectivity index (χ3n) is 7.22. The summed E-state index contributed by atoms with van der Waals surface area (Å²) in [4.78, 5) is 22.5. The molecule has 0 saturated heterocycles. The van der Waals surface area contributed by atoms with Crippen LogP contribution < -0.4 is 9.47 Å². The molecular formula is C29H22F3N3O3S. The summed E-state index contributed by atoms with van der Waals surface area (Å²) in [5.41, 5.74) is 1.14. The number of carbonyl (C=O) groups is 1. The Morgan fingerprint density at radius 2 is 1.97 bits per heavy atom. The molecule has 6 rings (SSSR count). The molecule has 6 nitrogen and oxygen atoms in total. The fourth-order valence-electron chi connectivity index (χ4n) is 5.07. The first-order chi connectivity index (χ1) is 18.9. The Kier molecular flexibility index (Phi) is 6.14. The fourth-order valence-corrected chi connectivity index (χ4v) is 5.78. The highest BCUT2D eigenvalue weighted by Crippen LogP contribution is 2.45. The van der Waals surface area contributed by atoms with Crippen LogP contribution in [0.4, 0.5) is 13.2 Å². The summed E-state index contributed by atoms with van der Waals surface area (Å²) in [6, 6.07) is 11.6. The maximum Gasteiger partial charge on any atom is 0.204 e. The van der Waals surface area contributed by atoms with Crippen molar-refractivity contribution in [2.45, 2.75) is 23.7 Å². The first-order valence-electron chi connectivity index (χ1n) is 12.1. The van der Waals surface area contributed by atoms with Crippen molar-refractivity contribution in [3.8, 4) is 28.6 Å². The molecule has 0 radical (unpaired) electrons. The molecule has 1 aliphatic heterocycles. The molecule has 0 fully saturated rings. The molecule has 0 saturated carbocycles. The number of carbonyl (C=O) groups excluding carboxylic acids is 1. The summed E-state index contributed by atoms with van der Waals surface area (Å²) < 4.78 is 56.8. The number of imidazole rings is 1.